The Morgan fingerprint density at radius 3 is 2.22 bits per heavy atom. The molecule has 138 valence electrons. The fourth-order valence-corrected chi connectivity index (χ4v) is 4.53. The van der Waals surface area contributed by atoms with Crippen LogP contribution in [0.4, 0.5) is 0 Å². The summed E-state index contributed by atoms with van der Waals surface area (Å²) in [7, 11) is 4.24. The molecule has 0 saturated heterocycles. The van der Waals surface area contributed by atoms with Crippen LogP contribution >= 0.6 is 11.3 Å². The Kier molecular flexibility index (Phi) is 4.97. The normalized spacial score (nSPS) is 14.2. The van der Waals surface area contributed by atoms with E-state index >= 15 is 0 Å². The minimum absolute atomic E-state index is 0.0148. The van der Waals surface area contributed by atoms with Gasteiger partial charge in [-0.25, -0.2) is 0 Å². The predicted octanol–water partition coefficient (Wildman–Crippen LogP) is 2.99. The molecule has 0 aliphatic carbocycles. The second-order valence-electron chi connectivity index (χ2n) is 7.00. The summed E-state index contributed by atoms with van der Waals surface area (Å²) in [6.07, 6.45) is 0. The number of quaternary nitrogens is 1. The summed E-state index contributed by atoms with van der Waals surface area (Å²) in [6, 6.07) is 20.0. The van der Waals surface area contributed by atoms with E-state index in [1.165, 1.54) is 9.78 Å². The third kappa shape index (κ3) is 3.48. The van der Waals surface area contributed by atoms with Crippen LogP contribution in [0.15, 0.2) is 66.0 Å². The van der Waals surface area contributed by atoms with E-state index in [1.807, 2.05) is 48.5 Å². The summed E-state index contributed by atoms with van der Waals surface area (Å²) in [5.41, 5.74) is 1.83. The monoisotopic (exact) mass is 379 g/mol. The van der Waals surface area contributed by atoms with Crippen molar-refractivity contribution in [3.8, 4) is 11.5 Å². The van der Waals surface area contributed by atoms with Crippen LogP contribution in [-0.2, 0) is 4.79 Å². The topological polar surface area (TPSA) is 42.8 Å². The van der Waals surface area contributed by atoms with Crippen molar-refractivity contribution >= 4 is 17.2 Å². The average molecular weight is 380 g/mol. The summed E-state index contributed by atoms with van der Waals surface area (Å²) in [6.45, 7) is 0.601. The van der Waals surface area contributed by atoms with Crippen LogP contribution in [0.3, 0.4) is 0 Å². The van der Waals surface area contributed by atoms with Crippen molar-refractivity contribution in [3.63, 3.8) is 0 Å². The number of thiophene rings is 1. The maximum atomic E-state index is 13.2. The van der Waals surface area contributed by atoms with Crippen molar-refractivity contribution < 1.29 is 14.4 Å². The molecule has 4 nitrogen and oxygen atoms in total. The highest BCUT2D eigenvalue weighted by Crippen LogP contribution is 2.43. The smallest absolute Gasteiger partial charge is 0.232 e. The first kappa shape index (κ1) is 17.8. The first-order chi connectivity index (χ1) is 13.1. The van der Waals surface area contributed by atoms with Crippen molar-refractivity contribution in [2.45, 2.75) is 12.0 Å². The molecular weight excluding hydrogens is 356 g/mol. The van der Waals surface area contributed by atoms with Crippen molar-refractivity contribution in [2.24, 2.45) is 0 Å². The minimum Gasteiger partial charge on any atom is -0.457 e. The number of nitrogens with one attached hydrogen (secondary N) is 2. The van der Waals surface area contributed by atoms with Gasteiger partial charge in [0.05, 0.1) is 31.4 Å². The lowest BCUT2D eigenvalue weighted by molar-refractivity contribution is -0.890. The molecule has 2 N–H and O–H groups in total. The molecule has 2 aromatic carbocycles. The number of hydrogen-bond donors (Lipinski definition) is 2. The summed E-state index contributed by atoms with van der Waals surface area (Å²) in [5, 5.41) is 5.28. The molecule has 1 aliphatic heterocycles. The van der Waals surface area contributed by atoms with Crippen molar-refractivity contribution in [1.82, 2.24) is 5.32 Å². The third-order valence-electron chi connectivity index (χ3n) is 5.01. The molecule has 27 heavy (non-hydrogen) atoms. The van der Waals surface area contributed by atoms with Gasteiger partial charge >= 0.3 is 0 Å². The number of para-hydroxylation sites is 2. The summed E-state index contributed by atoms with van der Waals surface area (Å²) < 4.78 is 6.00. The molecule has 3 aromatic rings. The van der Waals surface area contributed by atoms with Gasteiger partial charge in [0.2, 0.25) is 5.91 Å². The van der Waals surface area contributed by atoms with Gasteiger partial charge in [0, 0.05) is 11.1 Å². The van der Waals surface area contributed by atoms with Crippen LogP contribution < -0.4 is 15.0 Å². The van der Waals surface area contributed by atoms with Gasteiger partial charge in [-0.15, -0.1) is 11.3 Å². The molecule has 0 unspecified atom stereocenters. The van der Waals surface area contributed by atoms with Crippen LogP contribution in [0.1, 0.15) is 28.0 Å². The van der Waals surface area contributed by atoms with Gasteiger partial charge in [-0.2, -0.15) is 0 Å². The summed E-state index contributed by atoms with van der Waals surface area (Å²) in [5.74, 6) is 1.17. The van der Waals surface area contributed by atoms with E-state index in [0.29, 0.717) is 6.54 Å². The molecule has 1 amide bonds. The highest BCUT2D eigenvalue weighted by Gasteiger charge is 2.33. The Morgan fingerprint density at radius 2 is 1.67 bits per heavy atom. The lowest BCUT2D eigenvalue weighted by atomic mass is 9.87. The molecule has 0 spiro atoms. The quantitative estimate of drug-likeness (QED) is 0.716. The molecule has 4 rings (SSSR count). The van der Waals surface area contributed by atoms with Gasteiger partial charge in [-0.3, -0.25) is 4.79 Å². The minimum atomic E-state index is -0.354. The number of amides is 1. The van der Waals surface area contributed by atoms with Crippen LogP contribution in [0.25, 0.3) is 0 Å². The average Bonchev–Trinajstić information content (AvgIpc) is 3.20. The van der Waals surface area contributed by atoms with E-state index in [4.69, 9.17) is 4.74 Å². The number of likely N-dealkylation sites (N-methyl/N-ethyl adjacent to an activating group) is 1. The zero-order valence-electron chi connectivity index (χ0n) is 15.4. The molecule has 2 heterocycles. The Morgan fingerprint density at radius 1 is 1.04 bits per heavy atom. The molecule has 1 atom stereocenters. The van der Waals surface area contributed by atoms with E-state index in [0.717, 1.165) is 22.6 Å². The molecule has 1 aliphatic rings. The summed E-state index contributed by atoms with van der Waals surface area (Å²) in [4.78, 5) is 15.8. The zero-order valence-corrected chi connectivity index (χ0v) is 16.3. The first-order valence-corrected chi connectivity index (χ1v) is 10.00. The second kappa shape index (κ2) is 7.55. The van der Waals surface area contributed by atoms with Crippen LogP contribution in [0, 0.1) is 0 Å². The van der Waals surface area contributed by atoms with E-state index in [9.17, 15) is 4.79 Å². The van der Waals surface area contributed by atoms with Crippen LogP contribution in [0.2, 0.25) is 0 Å². The Balaban J connectivity index is 1.60. The van der Waals surface area contributed by atoms with Gasteiger partial charge in [-0.1, -0.05) is 42.5 Å². The molecular formula is C22H23N2O2S+. The fourth-order valence-electron chi connectivity index (χ4n) is 3.58. The lowest BCUT2D eigenvalue weighted by Gasteiger charge is -2.28. The second-order valence-corrected chi connectivity index (χ2v) is 7.98. The number of benzene rings is 2. The number of fused-ring (bicyclic) bond motifs is 2. The Bertz CT molecular complexity index is 892. The number of rotatable bonds is 5. The predicted molar refractivity (Wildman–Crippen MR) is 108 cm³/mol. The maximum absolute atomic E-state index is 13.2. The van der Waals surface area contributed by atoms with E-state index in [2.05, 4.69) is 36.9 Å². The largest absolute Gasteiger partial charge is 0.457 e. The zero-order chi connectivity index (χ0) is 18.8. The van der Waals surface area contributed by atoms with Crippen molar-refractivity contribution in [3.05, 3.63) is 82.0 Å². The number of carbonyl (C=O) groups excluding carboxylic acids is 1. The van der Waals surface area contributed by atoms with Crippen molar-refractivity contribution in [1.29, 1.82) is 0 Å². The molecule has 5 heteroatoms. The van der Waals surface area contributed by atoms with E-state index in [-0.39, 0.29) is 17.9 Å². The lowest BCUT2D eigenvalue weighted by Crippen LogP contribution is -3.06. The Labute approximate surface area is 163 Å². The van der Waals surface area contributed by atoms with Gasteiger partial charge in [-0.05, 0) is 23.6 Å². The van der Waals surface area contributed by atoms with Gasteiger partial charge < -0.3 is 15.0 Å². The molecule has 1 aromatic heterocycles. The number of carbonyl (C=O) groups is 1. The highest BCUT2D eigenvalue weighted by molar-refractivity contribution is 7.10. The molecule has 0 radical (unpaired) electrons. The van der Waals surface area contributed by atoms with Gasteiger partial charge in [0.15, 0.2) is 0 Å². The standard InChI is InChI=1S/C22H22N2O2S/c1-24(2)17(20-12-7-13-27-20)14-23-22(25)21-15-8-3-5-10-18(15)26-19-11-6-4-9-16(19)21/h3-13,17,21H,14H2,1-2H3,(H,23,25)/p+1/t17-/m0/s1. The molecule has 0 fully saturated rings. The fraction of sp³-hybridized carbons (Fsp3) is 0.227. The van der Waals surface area contributed by atoms with Crippen LogP contribution in [-0.4, -0.2) is 26.5 Å². The summed E-state index contributed by atoms with van der Waals surface area (Å²) >= 11 is 1.73. The number of hydrogen-bond acceptors (Lipinski definition) is 3. The van der Waals surface area contributed by atoms with Gasteiger partial charge in [0.25, 0.3) is 0 Å². The Hall–Kier alpha value is -2.63. The SMILES string of the molecule is C[NH+](C)[C@@H](CNC(=O)C1c2ccccc2Oc2ccccc21)c1cccs1. The van der Waals surface area contributed by atoms with E-state index in [1.54, 1.807) is 11.3 Å². The maximum Gasteiger partial charge on any atom is 0.232 e. The molecule has 0 bridgehead atoms. The van der Waals surface area contributed by atoms with Gasteiger partial charge in [0.1, 0.15) is 17.5 Å². The molecule has 0 saturated carbocycles. The third-order valence-corrected chi connectivity index (χ3v) is 5.99. The first-order valence-electron chi connectivity index (χ1n) is 9.12. The van der Waals surface area contributed by atoms with Crippen LogP contribution in [0.5, 0.6) is 11.5 Å². The van der Waals surface area contributed by atoms with Crippen molar-refractivity contribution in [2.75, 3.05) is 20.6 Å². The number of ether oxygens (including phenoxy) is 1. The van der Waals surface area contributed by atoms with E-state index < -0.39 is 0 Å². The highest BCUT2D eigenvalue weighted by atomic mass is 32.1.